The summed E-state index contributed by atoms with van der Waals surface area (Å²) in [6.45, 7) is 6.54. The lowest BCUT2D eigenvalue weighted by atomic mass is 9.98. The van der Waals surface area contributed by atoms with Crippen LogP contribution in [0.2, 0.25) is 0 Å². The number of rotatable bonds is 6. The number of hydrogen-bond acceptors (Lipinski definition) is 2. The number of benzene rings is 1. The van der Waals surface area contributed by atoms with Crippen molar-refractivity contribution in [3.63, 3.8) is 0 Å². The molecule has 0 spiro atoms. The Bertz CT molecular complexity index is 591. The third-order valence-corrected chi connectivity index (χ3v) is 5.01. The van der Waals surface area contributed by atoms with Crippen LogP contribution in [0, 0.1) is 6.92 Å². The number of likely N-dealkylation sites (N-methyl/N-ethyl adjacent to an activating group) is 1. The highest BCUT2D eigenvalue weighted by molar-refractivity contribution is 9.10. The summed E-state index contributed by atoms with van der Waals surface area (Å²) in [7, 11) is 2.01. The third-order valence-electron chi connectivity index (χ3n) is 4.15. The van der Waals surface area contributed by atoms with Gasteiger partial charge in [0.2, 0.25) is 0 Å². The Morgan fingerprint density at radius 3 is 2.76 bits per heavy atom. The molecule has 3 nitrogen and oxygen atoms in total. The average molecular weight is 350 g/mol. The SMILES string of the molecule is CCC(C)n1ccc(CC(NC)c2cccc(Br)c2C)n1. The molecule has 1 aromatic carbocycles. The van der Waals surface area contributed by atoms with Crippen molar-refractivity contribution in [2.45, 2.75) is 45.7 Å². The first kappa shape index (κ1) is 16.2. The van der Waals surface area contributed by atoms with E-state index in [1.54, 1.807) is 0 Å². The van der Waals surface area contributed by atoms with Crippen molar-refractivity contribution >= 4 is 15.9 Å². The number of hydrogen-bond donors (Lipinski definition) is 1. The van der Waals surface area contributed by atoms with Crippen LogP contribution in [0.15, 0.2) is 34.9 Å². The minimum absolute atomic E-state index is 0.280. The molecule has 0 amide bonds. The number of halogens is 1. The van der Waals surface area contributed by atoms with Crippen molar-refractivity contribution in [2.75, 3.05) is 7.05 Å². The predicted molar refractivity (Wildman–Crippen MR) is 91.6 cm³/mol. The van der Waals surface area contributed by atoms with Gasteiger partial charge in [-0.25, -0.2) is 0 Å². The van der Waals surface area contributed by atoms with Crippen molar-refractivity contribution < 1.29 is 0 Å². The molecule has 0 aliphatic rings. The molecule has 2 rings (SSSR count). The van der Waals surface area contributed by atoms with Crippen LogP contribution in [0.25, 0.3) is 0 Å². The van der Waals surface area contributed by atoms with Gasteiger partial charge in [-0.15, -0.1) is 0 Å². The summed E-state index contributed by atoms with van der Waals surface area (Å²) >= 11 is 3.61. The van der Waals surface area contributed by atoms with E-state index in [2.05, 4.69) is 77.2 Å². The topological polar surface area (TPSA) is 29.9 Å². The normalized spacial score (nSPS) is 14.1. The van der Waals surface area contributed by atoms with Gasteiger partial charge in [0.25, 0.3) is 0 Å². The Hall–Kier alpha value is -1.13. The molecule has 4 heteroatoms. The van der Waals surface area contributed by atoms with Crippen LogP contribution in [0.3, 0.4) is 0 Å². The highest BCUT2D eigenvalue weighted by atomic mass is 79.9. The molecule has 0 radical (unpaired) electrons. The van der Waals surface area contributed by atoms with Crippen LogP contribution in [0.5, 0.6) is 0 Å². The lowest BCUT2D eigenvalue weighted by Crippen LogP contribution is -2.20. The van der Waals surface area contributed by atoms with Crippen LogP contribution >= 0.6 is 15.9 Å². The summed E-state index contributed by atoms with van der Waals surface area (Å²) in [5.74, 6) is 0. The second-order valence-electron chi connectivity index (χ2n) is 5.54. The van der Waals surface area contributed by atoms with E-state index < -0.39 is 0 Å². The largest absolute Gasteiger partial charge is 0.313 e. The molecule has 2 unspecified atom stereocenters. The maximum absolute atomic E-state index is 4.71. The van der Waals surface area contributed by atoms with Gasteiger partial charge in [-0.05, 0) is 50.6 Å². The molecule has 0 saturated carbocycles. The van der Waals surface area contributed by atoms with Gasteiger partial charge in [-0.1, -0.05) is 35.0 Å². The maximum atomic E-state index is 4.71. The molecule has 2 aromatic rings. The number of nitrogens with one attached hydrogen (secondary N) is 1. The predicted octanol–water partition coefficient (Wildman–Crippen LogP) is 4.43. The van der Waals surface area contributed by atoms with E-state index in [-0.39, 0.29) is 6.04 Å². The molecule has 114 valence electrons. The highest BCUT2D eigenvalue weighted by Gasteiger charge is 2.15. The Balaban J connectivity index is 2.19. The smallest absolute Gasteiger partial charge is 0.0643 e. The first-order valence-electron chi connectivity index (χ1n) is 7.53. The Morgan fingerprint density at radius 1 is 1.33 bits per heavy atom. The highest BCUT2D eigenvalue weighted by Crippen LogP contribution is 2.26. The van der Waals surface area contributed by atoms with Crippen LogP contribution in [-0.2, 0) is 6.42 Å². The zero-order valence-corrected chi connectivity index (χ0v) is 14.8. The fraction of sp³-hybridized carbons (Fsp3) is 0.471. The van der Waals surface area contributed by atoms with Crippen LogP contribution in [0.4, 0.5) is 0 Å². The lowest BCUT2D eigenvalue weighted by Gasteiger charge is -2.19. The fourth-order valence-corrected chi connectivity index (χ4v) is 2.88. The van der Waals surface area contributed by atoms with Crippen LogP contribution in [-0.4, -0.2) is 16.8 Å². The monoisotopic (exact) mass is 349 g/mol. The van der Waals surface area contributed by atoms with Gasteiger partial charge >= 0.3 is 0 Å². The molecule has 1 N–H and O–H groups in total. The van der Waals surface area contributed by atoms with Crippen molar-refractivity contribution in [2.24, 2.45) is 0 Å². The van der Waals surface area contributed by atoms with E-state index in [1.165, 1.54) is 11.1 Å². The van der Waals surface area contributed by atoms with Crippen molar-refractivity contribution in [3.05, 3.63) is 51.8 Å². The molecule has 0 bridgehead atoms. The quantitative estimate of drug-likeness (QED) is 0.835. The van der Waals surface area contributed by atoms with Crippen molar-refractivity contribution in [1.82, 2.24) is 15.1 Å². The third kappa shape index (κ3) is 3.74. The van der Waals surface area contributed by atoms with Gasteiger partial charge in [-0.2, -0.15) is 5.10 Å². The van der Waals surface area contributed by atoms with Crippen molar-refractivity contribution in [3.8, 4) is 0 Å². The van der Waals surface area contributed by atoms with Gasteiger partial charge in [0.15, 0.2) is 0 Å². The average Bonchev–Trinajstić information content (AvgIpc) is 2.95. The number of aromatic nitrogens is 2. The second-order valence-corrected chi connectivity index (χ2v) is 6.40. The van der Waals surface area contributed by atoms with E-state index in [0.29, 0.717) is 6.04 Å². The first-order valence-corrected chi connectivity index (χ1v) is 8.32. The molecule has 1 aromatic heterocycles. The van der Waals surface area contributed by atoms with Gasteiger partial charge in [0.1, 0.15) is 0 Å². The van der Waals surface area contributed by atoms with Gasteiger partial charge in [-0.3, -0.25) is 4.68 Å². The van der Waals surface area contributed by atoms with Gasteiger partial charge in [0.05, 0.1) is 5.69 Å². The summed E-state index contributed by atoms with van der Waals surface area (Å²) in [4.78, 5) is 0. The Kier molecular flexibility index (Phi) is 5.59. The van der Waals surface area contributed by atoms with E-state index >= 15 is 0 Å². The summed E-state index contributed by atoms with van der Waals surface area (Å²) in [6.07, 6.45) is 4.09. The van der Waals surface area contributed by atoms with Crippen molar-refractivity contribution in [1.29, 1.82) is 0 Å². The molecule has 21 heavy (non-hydrogen) atoms. The molecule has 0 fully saturated rings. The van der Waals surface area contributed by atoms with E-state index in [1.807, 2.05) is 7.05 Å². The first-order chi connectivity index (χ1) is 10.1. The Labute approximate surface area is 135 Å². The molecular formula is C17H24BrN3. The standard InChI is InChI=1S/C17H24BrN3/c1-5-12(2)21-10-9-14(20-21)11-17(19-4)15-7-6-8-16(18)13(15)3/h6-10,12,17,19H,5,11H2,1-4H3. The van der Waals surface area contributed by atoms with Gasteiger partial charge in [0, 0.05) is 29.2 Å². The minimum atomic E-state index is 0.280. The molecule has 2 atom stereocenters. The summed E-state index contributed by atoms with van der Waals surface area (Å²) < 4.78 is 3.22. The molecule has 1 heterocycles. The fourth-order valence-electron chi connectivity index (χ4n) is 2.50. The molecule has 0 aliphatic heterocycles. The summed E-state index contributed by atoms with van der Waals surface area (Å²) in [6, 6.07) is 9.23. The van der Waals surface area contributed by atoms with Crippen LogP contribution < -0.4 is 5.32 Å². The number of nitrogens with zero attached hydrogens (tertiary/aromatic N) is 2. The summed E-state index contributed by atoms with van der Waals surface area (Å²) in [5.41, 5.74) is 3.75. The molecule has 0 aliphatic carbocycles. The molecule has 0 saturated heterocycles. The minimum Gasteiger partial charge on any atom is -0.313 e. The van der Waals surface area contributed by atoms with E-state index in [4.69, 9.17) is 5.10 Å². The zero-order valence-electron chi connectivity index (χ0n) is 13.2. The van der Waals surface area contributed by atoms with E-state index in [0.717, 1.165) is 23.0 Å². The van der Waals surface area contributed by atoms with Crippen LogP contribution in [0.1, 0.15) is 49.2 Å². The van der Waals surface area contributed by atoms with E-state index in [9.17, 15) is 0 Å². The summed E-state index contributed by atoms with van der Waals surface area (Å²) in [5, 5.41) is 8.13. The molecular weight excluding hydrogens is 326 g/mol. The lowest BCUT2D eigenvalue weighted by molar-refractivity contribution is 0.469. The Morgan fingerprint density at radius 2 is 2.10 bits per heavy atom. The maximum Gasteiger partial charge on any atom is 0.0643 e. The van der Waals surface area contributed by atoms with Gasteiger partial charge < -0.3 is 5.32 Å². The zero-order chi connectivity index (χ0) is 15.4. The second kappa shape index (κ2) is 7.23.